The first-order valence-corrected chi connectivity index (χ1v) is 6.56. The van der Waals surface area contributed by atoms with Crippen molar-refractivity contribution in [3.8, 4) is 0 Å². The first-order chi connectivity index (χ1) is 7.65. The lowest BCUT2D eigenvalue weighted by atomic mass is 10.1. The molecular weight excluding hydrogens is 264 g/mol. The van der Waals surface area contributed by atoms with E-state index in [0.29, 0.717) is 5.92 Å². The Hall–Kier alpha value is -0.830. The smallest absolute Gasteiger partial charge is 0.103 e. The number of halogens is 1. The maximum atomic E-state index is 6.05. The van der Waals surface area contributed by atoms with Gasteiger partial charge >= 0.3 is 0 Å². The van der Waals surface area contributed by atoms with Gasteiger partial charge < -0.3 is 5.73 Å². The SMILES string of the molecule is Cc1cc(Br)cc(N=C(N)C2CCCC2)c1. The number of benzene rings is 1. The number of rotatable bonds is 2. The molecule has 2 N–H and O–H groups in total. The van der Waals surface area contributed by atoms with Crippen molar-refractivity contribution >= 4 is 27.5 Å². The summed E-state index contributed by atoms with van der Waals surface area (Å²) in [6.45, 7) is 2.07. The highest BCUT2D eigenvalue weighted by atomic mass is 79.9. The fourth-order valence-corrected chi connectivity index (χ4v) is 2.84. The number of hydrogen-bond donors (Lipinski definition) is 1. The van der Waals surface area contributed by atoms with E-state index < -0.39 is 0 Å². The third kappa shape index (κ3) is 2.85. The second-order valence-electron chi connectivity index (χ2n) is 4.50. The zero-order chi connectivity index (χ0) is 11.5. The Morgan fingerprint density at radius 3 is 2.62 bits per heavy atom. The van der Waals surface area contributed by atoms with Gasteiger partial charge in [-0.2, -0.15) is 0 Å². The lowest BCUT2D eigenvalue weighted by Gasteiger charge is -2.08. The van der Waals surface area contributed by atoms with Crippen LogP contribution < -0.4 is 5.73 Å². The molecule has 1 saturated carbocycles. The van der Waals surface area contributed by atoms with Crippen LogP contribution in [0.2, 0.25) is 0 Å². The van der Waals surface area contributed by atoms with E-state index in [1.165, 1.54) is 31.2 Å². The van der Waals surface area contributed by atoms with E-state index in [9.17, 15) is 0 Å². The number of nitrogens with two attached hydrogens (primary N) is 1. The van der Waals surface area contributed by atoms with Gasteiger partial charge in [-0.25, -0.2) is 4.99 Å². The first-order valence-electron chi connectivity index (χ1n) is 5.76. The molecule has 0 spiro atoms. The average molecular weight is 281 g/mol. The number of hydrogen-bond acceptors (Lipinski definition) is 1. The van der Waals surface area contributed by atoms with Crippen LogP contribution in [0.1, 0.15) is 31.2 Å². The highest BCUT2D eigenvalue weighted by Gasteiger charge is 2.18. The summed E-state index contributed by atoms with van der Waals surface area (Å²) in [6.07, 6.45) is 4.97. The predicted molar refractivity (Wildman–Crippen MR) is 72.1 cm³/mol. The predicted octanol–water partition coefficient (Wildman–Crippen LogP) is 3.94. The van der Waals surface area contributed by atoms with Crippen molar-refractivity contribution in [2.75, 3.05) is 0 Å². The molecule has 86 valence electrons. The summed E-state index contributed by atoms with van der Waals surface area (Å²) in [5, 5.41) is 0. The molecule has 0 aliphatic heterocycles. The third-order valence-corrected chi connectivity index (χ3v) is 3.52. The summed E-state index contributed by atoms with van der Waals surface area (Å²) in [4.78, 5) is 4.53. The normalized spacial score (nSPS) is 18.0. The molecule has 2 nitrogen and oxygen atoms in total. The molecule has 1 aliphatic rings. The third-order valence-electron chi connectivity index (χ3n) is 3.06. The Morgan fingerprint density at radius 1 is 1.31 bits per heavy atom. The van der Waals surface area contributed by atoms with Crippen LogP contribution in [0.15, 0.2) is 27.7 Å². The topological polar surface area (TPSA) is 38.4 Å². The van der Waals surface area contributed by atoms with Crippen LogP contribution in [0, 0.1) is 12.8 Å². The van der Waals surface area contributed by atoms with Gasteiger partial charge in [0.25, 0.3) is 0 Å². The van der Waals surface area contributed by atoms with Crippen molar-refractivity contribution in [2.45, 2.75) is 32.6 Å². The Bertz CT molecular complexity index is 386. The molecule has 0 saturated heterocycles. The van der Waals surface area contributed by atoms with Crippen molar-refractivity contribution in [3.05, 3.63) is 28.2 Å². The van der Waals surface area contributed by atoms with E-state index in [0.717, 1.165) is 16.0 Å². The summed E-state index contributed by atoms with van der Waals surface area (Å²) >= 11 is 3.48. The maximum Gasteiger partial charge on any atom is 0.103 e. The van der Waals surface area contributed by atoms with E-state index in [1.807, 2.05) is 6.07 Å². The standard InChI is InChI=1S/C13H17BrN2/c1-9-6-11(14)8-12(7-9)16-13(15)10-4-2-3-5-10/h6-8,10H,2-5H2,1H3,(H2,15,16). The van der Waals surface area contributed by atoms with Crippen molar-refractivity contribution < 1.29 is 0 Å². The number of aliphatic imine (C=N–C) groups is 1. The summed E-state index contributed by atoms with van der Waals surface area (Å²) in [6, 6.07) is 6.15. The van der Waals surface area contributed by atoms with Crippen LogP contribution >= 0.6 is 15.9 Å². The Kier molecular flexibility index (Phi) is 3.64. The van der Waals surface area contributed by atoms with Crippen molar-refractivity contribution in [1.29, 1.82) is 0 Å². The van der Waals surface area contributed by atoms with Gasteiger partial charge in [0.05, 0.1) is 5.69 Å². The molecule has 1 aromatic rings. The van der Waals surface area contributed by atoms with Gasteiger partial charge in [0.1, 0.15) is 5.84 Å². The van der Waals surface area contributed by atoms with Crippen molar-refractivity contribution in [3.63, 3.8) is 0 Å². The molecule has 0 radical (unpaired) electrons. The van der Waals surface area contributed by atoms with E-state index in [1.54, 1.807) is 0 Å². The average Bonchev–Trinajstić information content (AvgIpc) is 2.68. The minimum absolute atomic E-state index is 0.499. The van der Waals surface area contributed by atoms with E-state index in [2.05, 4.69) is 40.0 Å². The molecule has 1 aliphatic carbocycles. The van der Waals surface area contributed by atoms with Crippen molar-refractivity contribution in [2.24, 2.45) is 16.6 Å². The summed E-state index contributed by atoms with van der Waals surface area (Å²) in [7, 11) is 0. The molecule has 3 heteroatoms. The Labute approximate surface area is 105 Å². The minimum atomic E-state index is 0.499. The molecular formula is C13H17BrN2. The van der Waals surface area contributed by atoms with Gasteiger partial charge in [-0.15, -0.1) is 0 Å². The van der Waals surface area contributed by atoms with Gasteiger partial charge in [-0.05, 0) is 43.5 Å². The van der Waals surface area contributed by atoms with Gasteiger partial charge in [0, 0.05) is 10.4 Å². The van der Waals surface area contributed by atoms with Crippen LogP contribution in [0.5, 0.6) is 0 Å². The molecule has 0 aromatic heterocycles. The maximum absolute atomic E-state index is 6.05. The van der Waals surface area contributed by atoms with Gasteiger partial charge in [-0.1, -0.05) is 28.8 Å². The first kappa shape index (κ1) is 11.6. The fourth-order valence-electron chi connectivity index (χ4n) is 2.24. The monoisotopic (exact) mass is 280 g/mol. The van der Waals surface area contributed by atoms with Gasteiger partial charge in [0.15, 0.2) is 0 Å². The van der Waals surface area contributed by atoms with Crippen molar-refractivity contribution in [1.82, 2.24) is 0 Å². The van der Waals surface area contributed by atoms with Crippen LogP contribution in [0.4, 0.5) is 5.69 Å². The van der Waals surface area contributed by atoms with Crippen LogP contribution in [0.3, 0.4) is 0 Å². The second kappa shape index (κ2) is 5.00. The molecule has 0 heterocycles. The van der Waals surface area contributed by atoms with Crippen LogP contribution in [-0.2, 0) is 0 Å². The number of aryl methyl sites for hydroxylation is 1. The van der Waals surface area contributed by atoms with E-state index in [4.69, 9.17) is 5.73 Å². The van der Waals surface area contributed by atoms with Gasteiger partial charge in [-0.3, -0.25) is 0 Å². The van der Waals surface area contributed by atoms with E-state index >= 15 is 0 Å². The fraction of sp³-hybridized carbons (Fsp3) is 0.462. The minimum Gasteiger partial charge on any atom is -0.387 e. The summed E-state index contributed by atoms with van der Waals surface area (Å²) in [5.41, 5.74) is 8.20. The quantitative estimate of drug-likeness (QED) is 0.647. The summed E-state index contributed by atoms with van der Waals surface area (Å²) < 4.78 is 1.06. The lowest BCUT2D eigenvalue weighted by molar-refractivity contribution is 0.722. The van der Waals surface area contributed by atoms with Crippen LogP contribution in [0.25, 0.3) is 0 Å². The molecule has 0 bridgehead atoms. The largest absolute Gasteiger partial charge is 0.387 e. The zero-order valence-electron chi connectivity index (χ0n) is 9.54. The van der Waals surface area contributed by atoms with Gasteiger partial charge in [0.2, 0.25) is 0 Å². The van der Waals surface area contributed by atoms with E-state index in [-0.39, 0.29) is 0 Å². The molecule has 0 atom stereocenters. The zero-order valence-corrected chi connectivity index (χ0v) is 11.1. The highest BCUT2D eigenvalue weighted by molar-refractivity contribution is 9.10. The number of nitrogens with zero attached hydrogens (tertiary/aromatic N) is 1. The Balaban J connectivity index is 2.20. The Morgan fingerprint density at radius 2 is 2.00 bits per heavy atom. The van der Waals surface area contributed by atoms with Crippen LogP contribution in [-0.4, -0.2) is 5.84 Å². The molecule has 16 heavy (non-hydrogen) atoms. The molecule has 1 fully saturated rings. The molecule has 0 unspecified atom stereocenters. The molecule has 0 amide bonds. The molecule has 2 rings (SSSR count). The summed E-state index contributed by atoms with van der Waals surface area (Å²) in [5.74, 6) is 1.30. The lowest BCUT2D eigenvalue weighted by Crippen LogP contribution is -2.20. The highest BCUT2D eigenvalue weighted by Crippen LogP contribution is 2.27. The molecule has 1 aromatic carbocycles. The number of amidine groups is 1. The second-order valence-corrected chi connectivity index (χ2v) is 5.42.